The fourth-order valence-corrected chi connectivity index (χ4v) is 3.08. The van der Waals surface area contributed by atoms with Crippen LogP contribution < -0.4 is 0 Å². The molecule has 0 radical (unpaired) electrons. The number of nitrogens with zero attached hydrogens (tertiary/aromatic N) is 5. The Hall–Kier alpha value is -1.07. The molecule has 0 aromatic carbocycles. The number of aryl methyl sites for hydroxylation is 2. The van der Waals surface area contributed by atoms with Crippen LogP contribution in [0.4, 0.5) is 0 Å². The molecule has 0 aliphatic rings. The molecule has 21 heavy (non-hydrogen) atoms. The van der Waals surface area contributed by atoms with Gasteiger partial charge in [0.15, 0.2) is 5.65 Å². The molecule has 2 aromatic rings. The van der Waals surface area contributed by atoms with Crippen molar-refractivity contribution in [3.63, 3.8) is 0 Å². The molecular formula is C15H26ClN5. The molecule has 6 heteroatoms. The summed E-state index contributed by atoms with van der Waals surface area (Å²) in [5.41, 5.74) is 3.13. The van der Waals surface area contributed by atoms with Gasteiger partial charge < -0.3 is 9.47 Å². The standard InChI is InChI=1S/C15H26ClN5/c1-7-11-14-15(20(6)18-11)21(13(8-16)17-14)12(10(2)3)9-19(4)5/h10,12H,7-9H2,1-6H3. The molecule has 2 rings (SSSR count). The fraction of sp³-hybridized carbons (Fsp3) is 0.733. The highest BCUT2D eigenvalue weighted by atomic mass is 35.5. The Morgan fingerprint density at radius 2 is 1.95 bits per heavy atom. The second-order valence-electron chi connectivity index (χ2n) is 6.20. The zero-order chi connectivity index (χ0) is 15.7. The van der Waals surface area contributed by atoms with Gasteiger partial charge in [0.2, 0.25) is 0 Å². The highest BCUT2D eigenvalue weighted by molar-refractivity contribution is 6.16. The van der Waals surface area contributed by atoms with Gasteiger partial charge in [0, 0.05) is 13.6 Å². The first-order valence-corrected chi connectivity index (χ1v) is 8.07. The highest BCUT2D eigenvalue weighted by Crippen LogP contribution is 2.29. The first kappa shape index (κ1) is 16.3. The van der Waals surface area contributed by atoms with Crippen LogP contribution in [-0.4, -0.2) is 44.9 Å². The lowest BCUT2D eigenvalue weighted by atomic mass is 10.0. The van der Waals surface area contributed by atoms with E-state index in [1.54, 1.807) is 0 Å². The molecule has 5 nitrogen and oxygen atoms in total. The monoisotopic (exact) mass is 311 g/mol. The smallest absolute Gasteiger partial charge is 0.159 e. The summed E-state index contributed by atoms with van der Waals surface area (Å²) >= 11 is 6.17. The molecule has 2 heterocycles. The maximum Gasteiger partial charge on any atom is 0.159 e. The highest BCUT2D eigenvalue weighted by Gasteiger charge is 2.25. The number of imidazole rings is 1. The Labute approximate surface area is 131 Å². The minimum Gasteiger partial charge on any atom is -0.307 e. The average Bonchev–Trinajstić information content (AvgIpc) is 2.93. The van der Waals surface area contributed by atoms with Crippen LogP contribution in [-0.2, 0) is 19.3 Å². The summed E-state index contributed by atoms with van der Waals surface area (Å²) in [4.78, 5) is 6.98. The Kier molecular flexibility index (Phi) is 4.94. The lowest BCUT2D eigenvalue weighted by Crippen LogP contribution is -2.29. The molecule has 0 amide bonds. The number of rotatable bonds is 6. The van der Waals surface area contributed by atoms with Gasteiger partial charge in [0.05, 0.1) is 17.6 Å². The predicted molar refractivity (Wildman–Crippen MR) is 87.9 cm³/mol. The number of fused-ring (bicyclic) bond motifs is 1. The van der Waals surface area contributed by atoms with E-state index in [0.717, 1.165) is 35.6 Å². The van der Waals surface area contributed by atoms with Gasteiger partial charge in [-0.05, 0) is 26.4 Å². The van der Waals surface area contributed by atoms with E-state index in [-0.39, 0.29) is 0 Å². The van der Waals surface area contributed by atoms with Crippen LogP contribution in [0.25, 0.3) is 11.2 Å². The first-order chi connectivity index (χ1) is 9.90. The summed E-state index contributed by atoms with van der Waals surface area (Å²) in [5.74, 6) is 1.86. The minimum absolute atomic E-state index is 0.332. The quantitative estimate of drug-likeness (QED) is 0.770. The second kappa shape index (κ2) is 6.36. The number of halogens is 1. The van der Waals surface area contributed by atoms with Crippen molar-refractivity contribution in [2.75, 3.05) is 20.6 Å². The molecule has 0 aliphatic carbocycles. The van der Waals surface area contributed by atoms with E-state index in [9.17, 15) is 0 Å². The molecule has 0 bridgehead atoms. The summed E-state index contributed by atoms with van der Waals surface area (Å²) in [6.45, 7) is 7.56. The van der Waals surface area contributed by atoms with Gasteiger partial charge in [-0.2, -0.15) is 5.10 Å². The summed E-state index contributed by atoms with van der Waals surface area (Å²) in [6.07, 6.45) is 0.885. The maximum atomic E-state index is 6.17. The van der Waals surface area contributed by atoms with Gasteiger partial charge in [-0.15, -0.1) is 11.6 Å². The van der Waals surface area contributed by atoms with Crippen molar-refractivity contribution in [2.45, 2.75) is 39.1 Å². The molecular weight excluding hydrogens is 286 g/mol. The number of hydrogen-bond donors (Lipinski definition) is 0. The minimum atomic E-state index is 0.332. The molecule has 0 saturated carbocycles. The van der Waals surface area contributed by atoms with Crippen LogP contribution in [0.15, 0.2) is 0 Å². The van der Waals surface area contributed by atoms with Gasteiger partial charge in [-0.3, -0.25) is 4.68 Å². The Balaban J connectivity index is 2.66. The lowest BCUT2D eigenvalue weighted by Gasteiger charge is -2.27. The number of likely N-dealkylation sites (N-methyl/N-ethyl adjacent to an activating group) is 1. The van der Waals surface area contributed by atoms with E-state index < -0.39 is 0 Å². The van der Waals surface area contributed by atoms with Crippen molar-refractivity contribution in [2.24, 2.45) is 13.0 Å². The largest absolute Gasteiger partial charge is 0.307 e. The number of alkyl halides is 1. The summed E-state index contributed by atoms with van der Waals surface area (Å²) < 4.78 is 4.24. The Bertz CT molecular complexity index is 611. The molecule has 118 valence electrons. The molecule has 0 saturated heterocycles. The normalized spacial score (nSPS) is 13.8. The van der Waals surface area contributed by atoms with E-state index in [0.29, 0.717) is 17.8 Å². The predicted octanol–water partition coefficient (Wildman–Crippen LogP) is 2.83. The third kappa shape index (κ3) is 2.94. The zero-order valence-electron chi connectivity index (χ0n) is 13.9. The summed E-state index contributed by atoms with van der Waals surface area (Å²) in [6, 6.07) is 0.332. The SMILES string of the molecule is CCc1nn(C)c2c1nc(CCl)n2C(CN(C)C)C(C)C. The van der Waals surface area contributed by atoms with E-state index in [1.807, 2.05) is 11.7 Å². The van der Waals surface area contributed by atoms with Crippen molar-refractivity contribution in [3.05, 3.63) is 11.5 Å². The van der Waals surface area contributed by atoms with E-state index >= 15 is 0 Å². The van der Waals surface area contributed by atoms with E-state index in [1.165, 1.54) is 0 Å². The van der Waals surface area contributed by atoms with Crippen molar-refractivity contribution in [1.82, 2.24) is 24.2 Å². The van der Waals surface area contributed by atoms with Crippen molar-refractivity contribution >= 4 is 22.8 Å². The topological polar surface area (TPSA) is 38.9 Å². The zero-order valence-corrected chi connectivity index (χ0v) is 14.6. The molecule has 1 unspecified atom stereocenters. The van der Waals surface area contributed by atoms with Crippen molar-refractivity contribution in [3.8, 4) is 0 Å². The van der Waals surface area contributed by atoms with Crippen LogP contribution in [0.1, 0.15) is 38.3 Å². The number of aromatic nitrogens is 4. The van der Waals surface area contributed by atoms with Crippen LogP contribution in [0.5, 0.6) is 0 Å². The Morgan fingerprint density at radius 3 is 2.43 bits per heavy atom. The Morgan fingerprint density at radius 1 is 1.29 bits per heavy atom. The molecule has 0 aliphatic heterocycles. The van der Waals surface area contributed by atoms with Crippen LogP contribution in [0.2, 0.25) is 0 Å². The second-order valence-corrected chi connectivity index (χ2v) is 6.47. The van der Waals surface area contributed by atoms with Gasteiger partial charge in [0.25, 0.3) is 0 Å². The third-order valence-electron chi connectivity index (χ3n) is 3.92. The summed E-state index contributed by atoms with van der Waals surface area (Å²) in [7, 11) is 6.19. The van der Waals surface area contributed by atoms with Crippen LogP contribution in [0.3, 0.4) is 0 Å². The average molecular weight is 312 g/mol. The third-order valence-corrected chi connectivity index (χ3v) is 4.16. The van der Waals surface area contributed by atoms with Gasteiger partial charge in [-0.1, -0.05) is 20.8 Å². The summed E-state index contributed by atoms with van der Waals surface area (Å²) in [5, 5.41) is 4.60. The van der Waals surface area contributed by atoms with Gasteiger partial charge >= 0.3 is 0 Å². The fourth-order valence-electron chi connectivity index (χ4n) is 2.89. The molecule has 1 atom stereocenters. The van der Waals surface area contributed by atoms with Gasteiger partial charge in [0.1, 0.15) is 11.3 Å². The van der Waals surface area contributed by atoms with Crippen molar-refractivity contribution in [1.29, 1.82) is 0 Å². The molecule has 0 fully saturated rings. The lowest BCUT2D eigenvalue weighted by molar-refractivity contribution is 0.268. The first-order valence-electron chi connectivity index (χ1n) is 7.54. The van der Waals surface area contributed by atoms with Crippen LogP contribution in [0, 0.1) is 5.92 Å². The van der Waals surface area contributed by atoms with Gasteiger partial charge in [-0.25, -0.2) is 4.98 Å². The maximum absolute atomic E-state index is 6.17. The molecule has 2 aromatic heterocycles. The van der Waals surface area contributed by atoms with E-state index in [4.69, 9.17) is 16.6 Å². The molecule has 0 N–H and O–H groups in total. The van der Waals surface area contributed by atoms with E-state index in [2.05, 4.69) is 49.4 Å². The number of hydrogen-bond acceptors (Lipinski definition) is 3. The van der Waals surface area contributed by atoms with Crippen LogP contribution >= 0.6 is 11.6 Å². The molecule has 0 spiro atoms. The van der Waals surface area contributed by atoms with Crippen molar-refractivity contribution < 1.29 is 0 Å².